The highest BCUT2D eigenvalue weighted by Crippen LogP contribution is 2.43. The third kappa shape index (κ3) is 4.22. The predicted molar refractivity (Wildman–Crippen MR) is 119 cm³/mol. The number of aromatic nitrogens is 2. The highest BCUT2D eigenvalue weighted by atomic mass is 32.2. The molecule has 1 saturated carbocycles. The maximum atomic E-state index is 13.6. The highest BCUT2D eigenvalue weighted by molar-refractivity contribution is 8.00. The van der Waals surface area contributed by atoms with E-state index < -0.39 is 17.4 Å². The largest absolute Gasteiger partial charge is 0.416 e. The molecule has 1 fully saturated rings. The van der Waals surface area contributed by atoms with Gasteiger partial charge >= 0.3 is 11.9 Å². The van der Waals surface area contributed by atoms with Crippen LogP contribution >= 0.6 is 23.1 Å². The normalized spacial score (nSPS) is 15.6. The quantitative estimate of drug-likeness (QED) is 0.520. The Morgan fingerprint density at radius 2 is 1.74 bits per heavy atom. The predicted octanol–water partition coefficient (Wildman–Crippen LogP) is 5.33. The van der Waals surface area contributed by atoms with E-state index in [0.29, 0.717) is 20.3 Å². The van der Waals surface area contributed by atoms with Gasteiger partial charge in [0.15, 0.2) is 0 Å². The van der Waals surface area contributed by atoms with Gasteiger partial charge in [0, 0.05) is 35.5 Å². The molecule has 3 aromatic rings. The molecule has 9 heteroatoms. The fourth-order valence-electron chi connectivity index (χ4n) is 4.16. The molecule has 1 aliphatic carbocycles. The fraction of sp³-hybridized carbons (Fsp3) is 0.455. The highest BCUT2D eigenvalue weighted by Gasteiger charge is 2.33. The second kappa shape index (κ2) is 8.50. The molecule has 2 aromatic heterocycles. The molecule has 1 aromatic carbocycles. The molecule has 0 N–H and O–H groups in total. The number of hydrogen-bond donors (Lipinski definition) is 0. The number of aryl methyl sites for hydroxylation is 1. The van der Waals surface area contributed by atoms with Crippen LogP contribution in [-0.4, -0.2) is 14.4 Å². The average Bonchev–Trinajstić information content (AvgIpc) is 3.09. The van der Waals surface area contributed by atoms with Crippen molar-refractivity contribution < 1.29 is 13.2 Å². The van der Waals surface area contributed by atoms with E-state index in [1.54, 1.807) is 24.9 Å². The maximum Gasteiger partial charge on any atom is 0.416 e. The number of nitrogens with zero attached hydrogens (tertiary/aromatic N) is 2. The molecule has 0 radical (unpaired) electrons. The monoisotopic (exact) mass is 468 g/mol. The van der Waals surface area contributed by atoms with Crippen LogP contribution in [0.15, 0.2) is 38.8 Å². The second-order valence-electron chi connectivity index (χ2n) is 7.95. The van der Waals surface area contributed by atoms with Crippen LogP contribution in [0, 0.1) is 0 Å². The van der Waals surface area contributed by atoms with Crippen molar-refractivity contribution in [1.82, 2.24) is 9.13 Å². The van der Waals surface area contributed by atoms with Gasteiger partial charge in [-0.2, -0.15) is 13.2 Å². The van der Waals surface area contributed by atoms with E-state index in [2.05, 4.69) is 0 Å². The Morgan fingerprint density at radius 3 is 2.42 bits per heavy atom. The van der Waals surface area contributed by atoms with E-state index in [1.807, 2.05) is 0 Å². The molecule has 31 heavy (non-hydrogen) atoms. The summed E-state index contributed by atoms with van der Waals surface area (Å²) in [6.07, 6.45) is 1.07. The van der Waals surface area contributed by atoms with Gasteiger partial charge in [0.25, 0.3) is 5.56 Å². The molecule has 0 bridgehead atoms. The van der Waals surface area contributed by atoms with Gasteiger partial charge < -0.3 is 0 Å². The molecule has 0 aliphatic heterocycles. The van der Waals surface area contributed by atoms with Crippen molar-refractivity contribution in [2.75, 3.05) is 0 Å². The lowest BCUT2D eigenvalue weighted by atomic mass is 10.0. The summed E-state index contributed by atoms with van der Waals surface area (Å²) < 4.78 is 43.2. The summed E-state index contributed by atoms with van der Waals surface area (Å²) in [6.45, 7) is 0. The Bertz CT molecular complexity index is 1230. The van der Waals surface area contributed by atoms with E-state index in [9.17, 15) is 22.8 Å². The van der Waals surface area contributed by atoms with Crippen molar-refractivity contribution in [3.05, 3.63) is 61.1 Å². The van der Waals surface area contributed by atoms with E-state index in [1.165, 1.54) is 41.5 Å². The van der Waals surface area contributed by atoms with E-state index in [-0.39, 0.29) is 17.5 Å². The second-order valence-corrected chi connectivity index (χ2v) is 10.3. The lowest BCUT2D eigenvalue weighted by molar-refractivity contribution is -0.138. The first-order valence-electron chi connectivity index (χ1n) is 10.2. The van der Waals surface area contributed by atoms with Crippen molar-refractivity contribution in [2.45, 2.75) is 54.8 Å². The zero-order valence-electron chi connectivity index (χ0n) is 17.3. The van der Waals surface area contributed by atoms with Gasteiger partial charge in [-0.15, -0.1) is 23.1 Å². The van der Waals surface area contributed by atoms with Crippen LogP contribution in [0.25, 0.3) is 10.2 Å². The topological polar surface area (TPSA) is 44.0 Å². The molecule has 0 saturated heterocycles. The van der Waals surface area contributed by atoms with Crippen molar-refractivity contribution in [1.29, 1.82) is 0 Å². The van der Waals surface area contributed by atoms with Crippen molar-refractivity contribution in [3.63, 3.8) is 0 Å². The van der Waals surface area contributed by atoms with Gasteiger partial charge in [-0.3, -0.25) is 13.9 Å². The first kappa shape index (κ1) is 22.2. The van der Waals surface area contributed by atoms with Crippen LogP contribution in [0.1, 0.15) is 48.1 Å². The Balaban J connectivity index is 1.90. The number of alkyl halides is 3. The molecule has 0 atom stereocenters. The Kier molecular flexibility index (Phi) is 6.09. The van der Waals surface area contributed by atoms with Gasteiger partial charge in [0.05, 0.1) is 10.9 Å². The summed E-state index contributed by atoms with van der Waals surface area (Å²) in [4.78, 5) is 27.4. The lowest BCUT2D eigenvalue weighted by Gasteiger charge is -2.21. The van der Waals surface area contributed by atoms with Crippen LogP contribution in [0.2, 0.25) is 0 Å². The van der Waals surface area contributed by atoms with Crippen molar-refractivity contribution >= 4 is 33.3 Å². The molecule has 4 rings (SSSR count). The van der Waals surface area contributed by atoms with Crippen LogP contribution in [-0.2, 0) is 26.7 Å². The Hall–Kier alpha value is -2.00. The zero-order valence-corrected chi connectivity index (χ0v) is 18.9. The summed E-state index contributed by atoms with van der Waals surface area (Å²) in [5, 5.41) is 0.773. The number of rotatable bonds is 4. The third-order valence-electron chi connectivity index (χ3n) is 5.82. The number of halogens is 3. The van der Waals surface area contributed by atoms with Gasteiger partial charge in [-0.05, 0) is 24.5 Å². The fourth-order valence-corrected chi connectivity index (χ4v) is 7.06. The molecular formula is C22H23F3N2O2S2. The maximum absolute atomic E-state index is 13.6. The summed E-state index contributed by atoms with van der Waals surface area (Å²) >= 11 is 2.85. The summed E-state index contributed by atoms with van der Waals surface area (Å²) in [7, 11) is 3.04. The number of fused-ring (bicyclic) bond motifs is 1. The number of hydrogen-bond acceptors (Lipinski definition) is 4. The Morgan fingerprint density at radius 1 is 1.06 bits per heavy atom. The van der Waals surface area contributed by atoms with E-state index in [4.69, 9.17) is 0 Å². The van der Waals surface area contributed by atoms with Crippen LogP contribution < -0.4 is 11.2 Å². The number of thioether (sulfide) groups is 1. The molecule has 0 spiro atoms. The number of benzene rings is 1. The molecule has 0 unspecified atom stereocenters. The average molecular weight is 469 g/mol. The first-order chi connectivity index (χ1) is 14.7. The minimum atomic E-state index is -4.45. The lowest BCUT2D eigenvalue weighted by Crippen LogP contribution is -2.36. The third-order valence-corrected chi connectivity index (χ3v) is 8.71. The minimum Gasteiger partial charge on any atom is -0.287 e. The van der Waals surface area contributed by atoms with Gasteiger partial charge in [0.1, 0.15) is 4.83 Å². The minimum absolute atomic E-state index is 0.0709. The molecule has 1 aliphatic rings. The SMILES string of the molecule is Cn1c(=O)c2c(SC3CCCCC3)c(Cc3ccccc3C(F)(F)F)sc2n(C)c1=O. The molecule has 166 valence electrons. The van der Waals surface area contributed by atoms with Crippen LogP contribution in [0.3, 0.4) is 0 Å². The van der Waals surface area contributed by atoms with Crippen LogP contribution in [0.5, 0.6) is 0 Å². The van der Waals surface area contributed by atoms with Crippen LogP contribution in [0.4, 0.5) is 13.2 Å². The Labute approximate surface area is 185 Å². The van der Waals surface area contributed by atoms with E-state index in [0.717, 1.165) is 41.2 Å². The van der Waals surface area contributed by atoms with Gasteiger partial charge in [-0.1, -0.05) is 37.5 Å². The van der Waals surface area contributed by atoms with Crippen molar-refractivity contribution in [2.24, 2.45) is 14.1 Å². The molecular weight excluding hydrogens is 445 g/mol. The number of thiophene rings is 1. The molecule has 2 heterocycles. The standard InChI is InChI=1S/C22H23F3N2O2S2/c1-26-19(28)17-18(30-14-9-4-3-5-10-14)16(31-20(17)27(2)21(26)29)12-13-8-6-7-11-15(13)22(23,24)25/h6-8,11,14H,3-5,9-10,12H2,1-2H3. The smallest absolute Gasteiger partial charge is 0.287 e. The molecule has 0 amide bonds. The van der Waals surface area contributed by atoms with Gasteiger partial charge in [-0.25, -0.2) is 4.79 Å². The molecule has 4 nitrogen and oxygen atoms in total. The summed E-state index contributed by atoms with van der Waals surface area (Å²) in [5.41, 5.74) is -1.31. The summed E-state index contributed by atoms with van der Waals surface area (Å²) in [5.74, 6) is 0. The zero-order chi connectivity index (χ0) is 22.3. The van der Waals surface area contributed by atoms with Gasteiger partial charge in [0.2, 0.25) is 0 Å². The summed E-state index contributed by atoms with van der Waals surface area (Å²) in [6, 6.07) is 5.56. The first-order valence-corrected chi connectivity index (χ1v) is 11.9. The van der Waals surface area contributed by atoms with E-state index >= 15 is 0 Å². The van der Waals surface area contributed by atoms with Crippen molar-refractivity contribution in [3.8, 4) is 0 Å².